The summed E-state index contributed by atoms with van der Waals surface area (Å²) in [5.41, 5.74) is 2.03. The molecule has 3 rings (SSSR count). The molecule has 32 heavy (non-hydrogen) atoms. The van der Waals surface area contributed by atoms with Crippen LogP contribution in [0.25, 0.3) is 0 Å². The van der Waals surface area contributed by atoms with Crippen LogP contribution in [0.1, 0.15) is 42.7 Å². The number of carbonyl (C=O) groups excluding carboxylic acids is 2. The Morgan fingerprint density at radius 3 is 2.78 bits per heavy atom. The van der Waals surface area contributed by atoms with Crippen LogP contribution in [0.4, 0.5) is 8.78 Å². The summed E-state index contributed by atoms with van der Waals surface area (Å²) in [6, 6.07) is 6.46. The number of aldehydes is 1. The summed E-state index contributed by atoms with van der Waals surface area (Å²) in [6.07, 6.45) is 2.81. The Morgan fingerprint density at radius 2 is 2.09 bits per heavy atom. The normalized spacial score (nSPS) is 18.7. The van der Waals surface area contributed by atoms with E-state index in [1.165, 1.54) is 17.0 Å². The molecule has 0 radical (unpaired) electrons. The lowest BCUT2D eigenvalue weighted by Gasteiger charge is -2.28. The predicted octanol–water partition coefficient (Wildman–Crippen LogP) is 3.50. The number of ether oxygens (including phenoxy) is 1. The van der Waals surface area contributed by atoms with Gasteiger partial charge in [0.15, 0.2) is 0 Å². The SMILES string of the molecule is CN(CCCC(=O)N1CCC2=C(C1)NC(c1ccc(C(C)(F)F)cc1)S2)CCOCC=O. The zero-order valence-corrected chi connectivity index (χ0v) is 19.4. The van der Waals surface area contributed by atoms with Gasteiger partial charge < -0.3 is 24.6 Å². The first kappa shape index (κ1) is 24.7. The van der Waals surface area contributed by atoms with Crippen LogP contribution < -0.4 is 5.32 Å². The number of carbonyl (C=O) groups is 2. The van der Waals surface area contributed by atoms with Crippen molar-refractivity contribution in [2.45, 2.75) is 37.5 Å². The quantitative estimate of drug-likeness (QED) is 0.397. The van der Waals surface area contributed by atoms with Gasteiger partial charge in [-0.15, -0.1) is 0 Å². The van der Waals surface area contributed by atoms with Crippen molar-refractivity contribution in [2.24, 2.45) is 0 Å². The van der Waals surface area contributed by atoms with Crippen LogP contribution >= 0.6 is 11.8 Å². The maximum Gasteiger partial charge on any atom is 0.270 e. The molecule has 6 nitrogen and oxygen atoms in total. The van der Waals surface area contributed by atoms with E-state index in [9.17, 15) is 18.4 Å². The van der Waals surface area contributed by atoms with Crippen LogP contribution in [-0.2, 0) is 20.2 Å². The molecule has 2 aliphatic heterocycles. The second-order valence-corrected chi connectivity index (χ2v) is 9.47. The minimum Gasteiger partial charge on any atom is -0.373 e. The number of likely N-dealkylation sites (N-methyl/N-ethyl adjacent to an activating group) is 1. The minimum absolute atomic E-state index is 0.00957. The first-order valence-corrected chi connectivity index (χ1v) is 11.8. The van der Waals surface area contributed by atoms with E-state index in [2.05, 4.69) is 10.2 Å². The summed E-state index contributed by atoms with van der Waals surface area (Å²) in [7, 11) is 1.97. The van der Waals surface area contributed by atoms with Crippen LogP contribution in [0, 0.1) is 0 Å². The second kappa shape index (κ2) is 11.2. The summed E-state index contributed by atoms with van der Waals surface area (Å²) < 4.78 is 32.1. The molecule has 176 valence electrons. The predicted molar refractivity (Wildman–Crippen MR) is 121 cm³/mol. The second-order valence-electron chi connectivity index (χ2n) is 8.27. The standard InChI is InChI=1S/C23H31F2N3O3S/c1-23(24,25)18-7-5-17(6-8-18)22-26-19-16-28(11-9-20(19)32-22)21(30)4-3-10-27(2)12-14-31-15-13-29/h5-8,13,22,26H,3-4,9-12,14-16H2,1-2H3. The number of thioether (sulfide) groups is 1. The molecule has 0 saturated carbocycles. The highest BCUT2D eigenvalue weighted by Gasteiger charge is 2.32. The third-order valence-corrected chi connectivity index (χ3v) is 7.03. The third-order valence-electron chi connectivity index (χ3n) is 5.67. The molecular weight excluding hydrogens is 436 g/mol. The minimum atomic E-state index is -2.84. The molecule has 0 aliphatic carbocycles. The lowest BCUT2D eigenvalue weighted by molar-refractivity contribution is -0.131. The fourth-order valence-electron chi connectivity index (χ4n) is 3.77. The van der Waals surface area contributed by atoms with Gasteiger partial charge in [0, 0.05) is 42.6 Å². The topological polar surface area (TPSA) is 61.9 Å². The Labute approximate surface area is 192 Å². The van der Waals surface area contributed by atoms with E-state index < -0.39 is 5.92 Å². The Balaban J connectivity index is 1.42. The van der Waals surface area contributed by atoms with Gasteiger partial charge in [0.1, 0.15) is 18.3 Å². The molecule has 0 spiro atoms. The van der Waals surface area contributed by atoms with Gasteiger partial charge in [-0.05, 0) is 32.0 Å². The number of nitrogens with zero attached hydrogens (tertiary/aromatic N) is 2. The molecule has 1 N–H and O–H groups in total. The number of nitrogens with one attached hydrogen (secondary N) is 1. The fourth-order valence-corrected chi connectivity index (χ4v) is 5.02. The van der Waals surface area contributed by atoms with E-state index in [-0.39, 0.29) is 23.5 Å². The summed E-state index contributed by atoms with van der Waals surface area (Å²) in [5.74, 6) is -2.70. The van der Waals surface area contributed by atoms with Gasteiger partial charge >= 0.3 is 0 Å². The van der Waals surface area contributed by atoms with E-state index >= 15 is 0 Å². The van der Waals surface area contributed by atoms with Crippen LogP contribution in [0.15, 0.2) is 34.9 Å². The van der Waals surface area contributed by atoms with E-state index in [4.69, 9.17) is 4.74 Å². The van der Waals surface area contributed by atoms with Crippen molar-refractivity contribution >= 4 is 24.0 Å². The zero-order chi connectivity index (χ0) is 23.1. The summed E-state index contributed by atoms with van der Waals surface area (Å²) >= 11 is 1.71. The van der Waals surface area contributed by atoms with Crippen molar-refractivity contribution in [1.82, 2.24) is 15.1 Å². The van der Waals surface area contributed by atoms with Gasteiger partial charge in [-0.3, -0.25) is 4.79 Å². The Bertz CT molecular complexity index is 827. The largest absolute Gasteiger partial charge is 0.373 e. The molecule has 9 heteroatoms. The van der Waals surface area contributed by atoms with E-state index in [0.29, 0.717) is 26.1 Å². The smallest absolute Gasteiger partial charge is 0.270 e. The van der Waals surface area contributed by atoms with Gasteiger partial charge in [0.2, 0.25) is 5.91 Å². The zero-order valence-electron chi connectivity index (χ0n) is 18.6. The van der Waals surface area contributed by atoms with Gasteiger partial charge in [-0.1, -0.05) is 36.0 Å². The van der Waals surface area contributed by atoms with Crippen LogP contribution in [0.2, 0.25) is 0 Å². The number of rotatable bonds is 11. The van der Waals surface area contributed by atoms with Crippen molar-refractivity contribution in [3.05, 3.63) is 46.0 Å². The van der Waals surface area contributed by atoms with Gasteiger partial charge in [0.25, 0.3) is 5.92 Å². The van der Waals surface area contributed by atoms with Gasteiger partial charge in [-0.25, -0.2) is 8.78 Å². The molecule has 0 fully saturated rings. The average molecular weight is 468 g/mol. The van der Waals surface area contributed by atoms with Crippen LogP contribution in [0.3, 0.4) is 0 Å². The number of amides is 1. The monoisotopic (exact) mass is 467 g/mol. The first-order chi connectivity index (χ1) is 15.3. The molecule has 1 atom stereocenters. The van der Waals surface area contributed by atoms with E-state index in [1.807, 2.05) is 11.9 Å². The highest BCUT2D eigenvalue weighted by atomic mass is 32.2. The molecule has 2 aliphatic rings. The van der Waals surface area contributed by atoms with Gasteiger partial charge in [0.05, 0.1) is 13.2 Å². The maximum atomic E-state index is 13.5. The maximum absolute atomic E-state index is 13.5. The highest BCUT2D eigenvalue weighted by Crippen LogP contribution is 2.44. The first-order valence-electron chi connectivity index (χ1n) is 10.9. The van der Waals surface area contributed by atoms with Crippen LogP contribution in [0.5, 0.6) is 0 Å². The van der Waals surface area contributed by atoms with Crippen molar-refractivity contribution < 1.29 is 23.1 Å². The molecular formula is C23H31F2N3O3S. The fraction of sp³-hybridized carbons (Fsp3) is 0.565. The van der Waals surface area contributed by atoms with Crippen molar-refractivity contribution in [2.75, 3.05) is 46.4 Å². The number of halogens is 2. The van der Waals surface area contributed by atoms with E-state index in [1.54, 1.807) is 23.9 Å². The number of hydrogen-bond acceptors (Lipinski definition) is 6. The average Bonchev–Trinajstić information content (AvgIpc) is 3.19. The molecule has 0 bridgehead atoms. The Morgan fingerprint density at radius 1 is 1.34 bits per heavy atom. The van der Waals surface area contributed by atoms with Gasteiger partial charge in [-0.2, -0.15) is 0 Å². The molecule has 0 aromatic heterocycles. The highest BCUT2D eigenvalue weighted by molar-refractivity contribution is 8.03. The molecule has 1 aromatic carbocycles. The van der Waals surface area contributed by atoms with Crippen molar-refractivity contribution in [3.63, 3.8) is 0 Å². The Hall–Kier alpha value is -1.97. The van der Waals surface area contributed by atoms with Crippen LogP contribution in [-0.4, -0.2) is 68.4 Å². The molecule has 1 amide bonds. The van der Waals surface area contributed by atoms with Crippen molar-refractivity contribution in [1.29, 1.82) is 0 Å². The molecule has 1 unspecified atom stereocenters. The number of benzene rings is 1. The number of alkyl halides is 2. The molecule has 2 heterocycles. The van der Waals surface area contributed by atoms with E-state index in [0.717, 1.165) is 50.4 Å². The Kier molecular flexibility index (Phi) is 8.67. The summed E-state index contributed by atoms with van der Waals surface area (Å²) in [5, 5.41) is 3.46. The summed E-state index contributed by atoms with van der Waals surface area (Å²) in [6.45, 7) is 4.31. The van der Waals surface area contributed by atoms with Crippen molar-refractivity contribution in [3.8, 4) is 0 Å². The lowest BCUT2D eigenvalue weighted by Crippen LogP contribution is -2.38. The lowest BCUT2D eigenvalue weighted by atomic mass is 10.1. The summed E-state index contributed by atoms with van der Waals surface area (Å²) in [4.78, 5) is 28.1. The molecule has 1 aromatic rings. The molecule has 0 saturated heterocycles. The third kappa shape index (κ3) is 6.76. The number of hydrogen-bond donors (Lipinski definition) is 1.